The van der Waals surface area contributed by atoms with Crippen molar-refractivity contribution < 1.29 is 14.3 Å². The van der Waals surface area contributed by atoms with Gasteiger partial charge in [-0.05, 0) is 41.5 Å². The summed E-state index contributed by atoms with van der Waals surface area (Å²) < 4.78 is 6.85. The Morgan fingerprint density at radius 3 is 2.64 bits per heavy atom. The van der Waals surface area contributed by atoms with Gasteiger partial charge < -0.3 is 10.1 Å². The molecule has 0 unspecified atom stereocenters. The van der Waals surface area contributed by atoms with Crippen LogP contribution < -0.4 is 5.32 Å². The number of aryl methyl sites for hydroxylation is 1. The lowest BCUT2D eigenvalue weighted by molar-refractivity contribution is -0.113. The number of nitrogens with zero attached hydrogens (tertiary/aromatic N) is 4. The van der Waals surface area contributed by atoms with Gasteiger partial charge in [-0.1, -0.05) is 60.3 Å². The van der Waals surface area contributed by atoms with Crippen molar-refractivity contribution in [2.45, 2.75) is 19.0 Å². The first-order valence-corrected chi connectivity index (χ1v) is 12.1. The van der Waals surface area contributed by atoms with E-state index < -0.39 is 5.97 Å². The first-order chi connectivity index (χ1) is 16.1. The Hall–Kier alpha value is -3.50. The quantitative estimate of drug-likeness (QED) is 0.291. The molecule has 1 amide bonds. The molecule has 8 nitrogen and oxygen atoms in total. The standard InChI is InChI=1S/C23H21N5O3S2/c1-3-31-22(30)20-17(16-10-5-4-6-11-16)13-32-21(20)24-19(29)14-33-23-25-26-27-28(23)18-12-8-7-9-15(18)2/h4-13H,3,14H2,1-2H3,(H,24,29). The lowest BCUT2D eigenvalue weighted by atomic mass is 10.0. The van der Waals surface area contributed by atoms with E-state index in [0.717, 1.165) is 22.4 Å². The van der Waals surface area contributed by atoms with Gasteiger partial charge in [0.1, 0.15) is 10.6 Å². The van der Waals surface area contributed by atoms with E-state index in [1.54, 1.807) is 11.6 Å². The van der Waals surface area contributed by atoms with Crippen molar-refractivity contribution in [2.75, 3.05) is 17.7 Å². The smallest absolute Gasteiger partial charge is 0.341 e. The van der Waals surface area contributed by atoms with E-state index in [9.17, 15) is 9.59 Å². The molecular formula is C23H21N5O3S2. The number of tetrazole rings is 1. The second kappa shape index (κ2) is 10.4. The van der Waals surface area contributed by atoms with Crippen LogP contribution in [0.4, 0.5) is 5.00 Å². The Balaban J connectivity index is 1.51. The van der Waals surface area contributed by atoms with Crippen molar-refractivity contribution >= 4 is 40.0 Å². The van der Waals surface area contributed by atoms with Crippen molar-refractivity contribution in [3.8, 4) is 16.8 Å². The summed E-state index contributed by atoms with van der Waals surface area (Å²) in [4.78, 5) is 25.4. The van der Waals surface area contributed by atoms with Crippen LogP contribution in [0.2, 0.25) is 0 Å². The zero-order chi connectivity index (χ0) is 23.2. The third kappa shape index (κ3) is 5.12. The maximum atomic E-state index is 12.7. The molecule has 2 aromatic heterocycles. The summed E-state index contributed by atoms with van der Waals surface area (Å²) in [5, 5.41) is 17.5. The number of hydrogen-bond acceptors (Lipinski definition) is 8. The first kappa shape index (κ1) is 22.7. The largest absolute Gasteiger partial charge is 0.462 e. The maximum absolute atomic E-state index is 12.7. The minimum atomic E-state index is -0.468. The van der Waals surface area contributed by atoms with E-state index in [4.69, 9.17) is 4.74 Å². The summed E-state index contributed by atoms with van der Waals surface area (Å²) in [6.07, 6.45) is 0. The number of anilines is 1. The molecule has 4 aromatic rings. The van der Waals surface area contributed by atoms with Crippen LogP contribution in [-0.4, -0.2) is 44.4 Å². The van der Waals surface area contributed by atoms with E-state index in [-0.39, 0.29) is 18.3 Å². The van der Waals surface area contributed by atoms with Crippen LogP contribution >= 0.6 is 23.1 Å². The Labute approximate surface area is 199 Å². The van der Waals surface area contributed by atoms with Gasteiger partial charge in [-0.2, -0.15) is 4.68 Å². The van der Waals surface area contributed by atoms with Crippen LogP contribution in [0, 0.1) is 6.92 Å². The van der Waals surface area contributed by atoms with E-state index in [1.807, 2.05) is 66.9 Å². The number of aromatic nitrogens is 4. The molecule has 0 saturated carbocycles. The molecule has 0 aliphatic carbocycles. The molecule has 0 atom stereocenters. The molecule has 33 heavy (non-hydrogen) atoms. The summed E-state index contributed by atoms with van der Waals surface area (Å²) in [6.45, 7) is 3.96. The van der Waals surface area contributed by atoms with Gasteiger partial charge >= 0.3 is 5.97 Å². The topological polar surface area (TPSA) is 99.0 Å². The van der Waals surface area contributed by atoms with Gasteiger partial charge in [-0.15, -0.1) is 16.4 Å². The number of hydrogen-bond donors (Lipinski definition) is 1. The van der Waals surface area contributed by atoms with Gasteiger partial charge in [0.25, 0.3) is 0 Å². The van der Waals surface area contributed by atoms with Crippen molar-refractivity contribution in [2.24, 2.45) is 0 Å². The lowest BCUT2D eigenvalue weighted by Gasteiger charge is -2.09. The average Bonchev–Trinajstić information content (AvgIpc) is 3.46. The number of ether oxygens (including phenoxy) is 1. The van der Waals surface area contributed by atoms with Crippen LogP contribution in [-0.2, 0) is 9.53 Å². The van der Waals surface area contributed by atoms with E-state index in [0.29, 0.717) is 15.7 Å². The summed E-state index contributed by atoms with van der Waals surface area (Å²) in [5.74, 6) is -0.664. The van der Waals surface area contributed by atoms with E-state index >= 15 is 0 Å². The molecule has 0 saturated heterocycles. The number of amides is 1. The second-order valence-electron chi connectivity index (χ2n) is 6.94. The van der Waals surface area contributed by atoms with Gasteiger partial charge in [-0.3, -0.25) is 4.79 Å². The van der Waals surface area contributed by atoms with Gasteiger partial charge in [0.05, 0.1) is 18.0 Å². The van der Waals surface area contributed by atoms with Crippen molar-refractivity contribution in [3.63, 3.8) is 0 Å². The van der Waals surface area contributed by atoms with Crippen LogP contribution in [0.5, 0.6) is 0 Å². The van der Waals surface area contributed by atoms with Gasteiger partial charge in [-0.25, -0.2) is 4.79 Å². The highest BCUT2D eigenvalue weighted by Gasteiger charge is 2.23. The fourth-order valence-corrected chi connectivity index (χ4v) is 4.86. The second-order valence-corrected chi connectivity index (χ2v) is 8.76. The highest BCUT2D eigenvalue weighted by atomic mass is 32.2. The Morgan fingerprint density at radius 1 is 1.12 bits per heavy atom. The fraction of sp³-hybridized carbons (Fsp3) is 0.174. The maximum Gasteiger partial charge on any atom is 0.341 e. The third-order valence-corrected chi connectivity index (χ3v) is 6.54. The molecule has 10 heteroatoms. The fourth-order valence-electron chi connectivity index (χ4n) is 3.20. The van der Waals surface area contributed by atoms with Crippen LogP contribution in [0.1, 0.15) is 22.8 Å². The molecule has 0 radical (unpaired) electrons. The number of carbonyl (C=O) groups excluding carboxylic acids is 2. The monoisotopic (exact) mass is 479 g/mol. The van der Waals surface area contributed by atoms with Gasteiger partial charge in [0.15, 0.2) is 0 Å². The molecule has 0 bridgehead atoms. The highest BCUT2D eigenvalue weighted by molar-refractivity contribution is 7.99. The molecule has 0 aliphatic heterocycles. The number of benzene rings is 2. The predicted molar refractivity (Wildman–Crippen MR) is 129 cm³/mol. The number of nitrogens with one attached hydrogen (secondary N) is 1. The van der Waals surface area contributed by atoms with Crippen LogP contribution in [0.3, 0.4) is 0 Å². The Kier molecular flexibility index (Phi) is 7.16. The summed E-state index contributed by atoms with van der Waals surface area (Å²) in [5.41, 5.74) is 3.83. The van der Waals surface area contributed by atoms with Crippen molar-refractivity contribution in [1.29, 1.82) is 0 Å². The molecule has 0 spiro atoms. The zero-order valence-corrected chi connectivity index (χ0v) is 19.7. The molecule has 2 aromatic carbocycles. The van der Waals surface area contributed by atoms with E-state index in [1.165, 1.54) is 23.1 Å². The molecule has 168 valence electrons. The average molecular weight is 480 g/mol. The zero-order valence-electron chi connectivity index (χ0n) is 18.0. The minimum absolute atomic E-state index is 0.0765. The Morgan fingerprint density at radius 2 is 1.88 bits per heavy atom. The molecule has 0 fully saturated rings. The minimum Gasteiger partial charge on any atom is -0.462 e. The molecular weight excluding hydrogens is 458 g/mol. The number of carbonyl (C=O) groups is 2. The van der Waals surface area contributed by atoms with Crippen molar-refractivity contribution in [1.82, 2.24) is 20.2 Å². The molecule has 2 heterocycles. The number of thioether (sulfide) groups is 1. The first-order valence-electron chi connectivity index (χ1n) is 10.2. The van der Waals surface area contributed by atoms with Crippen LogP contribution in [0.25, 0.3) is 16.8 Å². The number of para-hydroxylation sites is 1. The van der Waals surface area contributed by atoms with E-state index in [2.05, 4.69) is 20.8 Å². The van der Waals surface area contributed by atoms with Gasteiger partial charge in [0, 0.05) is 10.9 Å². The summed E-state index contributed by atoms with van der Waals surface area (Å²) in [7, 11) is 0. The highest BCUT2D eigenvalue weighted by Crippen LogP contribution is 2.36. The molecule has 0 aliphatic rings. The van der Waals surface area contributed by atoms with Crippen molar-refractivity contribution in [3.05, 3.63) is 71.1 Å². The normalized spacial score (nSPS) is 10.7. The lowest BCUT2D eigenvalue weighted by Crippen LogP contribution is -2.17. The third-order valence-electron chi connectivity index (χ3n) is 4.73. The van der Waals surface area contributed by atoms with Gasteiger partial charge in [0.2, 0.25) is 11.1 Å². The SMILES string of the molecule is CCOC(=O)c1c(-c2ccccc2)csc1NC(=O)CSc1nnnn1-c1ccccc1C. The van der Waals surface area contributed by atoms with Crippen LogP contribution in [0.15, 0.2) is 65.1 Å². The number of esters is 1. The number of thiophene rings is 1. The Bertz CT molecular complexity index is 1270. The number of rotatable bonds is 8. The predicted octanol–water partition coefficient (Wildman–Crippen LogP) is 4.61. The molecule has 4 rings (SSSR count). The summed E-state index contributed by atoms with van der Waals surface area (Å²) >= 11 is 2.51. The summed E-state index contributed by atoms with van der Waals surface area (Å²) in [6, 6.07) is 17.3. The molecule has 1 N–H and O–H groups in total.